The Hall–Kier alpha value is -2.49. The van der Waals surface area contributed by atoms with Gasteiger partial charge in [-0.2, -0.15) is 0 Å². The molecule has 1 N–H and O–H groups in total. The van der Waals surface area contributed by atoms with Gasteiger partial charge in [0, 0.05) is 6.07 Å². The maximum atomic E-state index is 12.4. The summed E-state index contributed by atoms with van der Waals surface area (Å²) in [4.78, 5) is 12.4. The van der Waals surface area contributed by atoms with E-state index in [1.54, 1.807) is 30.3 Å². The number of rotatable bonds is 4. The molecule has 0 amide bonds. The van der Waals surface area contributed by atoms with Gasteiger partial charge >= 0.3 is 0 Å². The van der Waals surface area contributed by atoms with Gasteiger partial charge in [-0.05, 0) is 24.3 Å². The zero-order chi connectivity index (χ0) is 13.8. The molecule has 4 nitrogen and oxygen atoms in total. The summed E-state index contributed by atoms with van der Waals surface area (Å²) in [7, 11) is 3.00. The first-order chi connectivity index (χ1) is 9.17. The first-order valence-corrected chi connectivity index (χ1v) is 5.72. The Kier molecular flexibility index (Phi) is 3.71. The van der Waals surface area contributed by atoms with Crippen LogP contribution >= 0.6 is 0 Å². The summed E-state index contributed by atoms with van der Waals surface area (Å²) in [6.07, 6.45) is 0. The van der Waals surface area contributed by atoms with Crippen molar-refractivity contribution in [1.29, 1.82) is 0 Å². The maximum absolute atomic E-state index is 12.4. The lowest BCUT2D eigenvalue weighted by Gasteiger charge is -2.09. The number of carbonyl (C=O) groups excluding carboxylic acids is 1. The van der Waals surface area contributed by atoms with Crippen LogP contribution in [-0.4, -0.2) is 25.1 Å². The molecule has 2 aromatic rings. The van der Waals surface area contributed by atoms with E-state index in [2.05, 4.69) is 0 Å². The molecule has 0 bridgehead atoms. The summed E-state index contributed by atoms with van der Waals surface area (Å²) >= 11 is 0. The van der Waals surface area contributed by atoms with Gasteiger partial charge in [0.1, 0.15) is 17.2 Å². The molecule has 98 valence electrons. The molecule has 0 radical (unpaired) electrons. The van der Waals surface area contributed by atoms with Gasteiger partial charge in [0.05, 0.1) is 25.3 Å². The SMILES string of the molecule is COc1ccc(C(=O)c2ccccc2OC)c(O)c1. The molecule has 0 spiro atoms. The predicted molar refractivity (Wildman–Crippen MR) is 71.1 cm³/mol. The molecule has 0 saturated heterocycles. The van der Waals surface area contributed by atoms with E-state index in [1.165, 1.54) is 26.4 Å². The van der Waals surface area contributed by atoms with Gasteiger partial charge in [-0.15, -0.1) is 0 Å². The highest BCUT2D eigenvalue weighted by atomic mass is 16.5. The highest BCUT2D eigenvalue weighted by Gasteiger charge is 2.17. The normalized spacial score (nSPS) is 10.0. The molecule has 0 aliphatic heterocycles. The molecule has 2 aromatic carbocycles. The third-order valence-electron chi connectivity index (χ3n) is 2.80. The monoisotopic (exact) mass is 258 g/mol. The number of ether oxygens (including phenoxy) is 2. The third-order valence-corrected chi connectivity index (χ3v) is 2.80. The fraction of sp³-hybridized carbons (Fsp3) is 0.133. The Balaban J connectivity index is 2.44. The second-order valence-electron chi connectivity index (χ2n) is 3.91. The first kappa shape index (κ1) is 13.0. The number of benzene rings is 2. The fourth-order valence-corrected chi connectivity index (χ4v) is 1.81. The first-order valence-electron chi connectivity index (χ1n) is 5.72. The minimum Gasteiger partial charge on any atom is -0.507 e. The Morgan fingerprint density at radius 2 is 1.74 bits per heavy atom. The molecule has 19 heavy (non-hydrogen) atoms. The van der Waals surface area contributed by atoms with Crippen LogP contribution in [0.1, 0.15) is 15.9 Å². The van der Waals surface area contributed by atoms with Gasteiger partial charge < -0.3 is 14.6 Å². The van der Waals surface area contributed by atoms with Crippen LogP contribution in [0.15, 0.2) is 42.5 Å². The minimum atomic E-state index is -0.294. The average Bonchev–Trinajstić information content (AvgIpc) is 2.46. The number of para-hydroxylation sites is 1. The maximum Gasteiger partial charge on any atom is 0.200 e. The van der Waals surface area contributed by atoms with Crippen molar-refractivity contribution in [3.05, 3.63) is 53.6 Å². The molecule has 2 rings (SSSR count). The largest absolute Gasteiger partial charge is 0.507 e. The molecule has 0 heterocycles. The van der Waals surface area contributed by atoms with E-state index < -0.39 is 0 Å². The Morgan fingerprint density at radius 1 is 1.00 bits per heavy atom. The lowest BCUT2D eigenvalue weighted by molar-refractivity contribution is 0.103. The molecule has 0 aliphatic carbocycles. The van der Waals surface area contributed by atoms with Gasteiger partial charge in [-0.3, -0.25) is 4.79 Å². The molecule has 0 aliphatic rings. The predicted octanol–water partition coefficient (Wildman–Crippen LogP) is 2.64. The molecule has 4 heteroatoms. The van der Waals surface area contributed by atoms with E-state index in [4.69, 9.17) is 9.47 Å². The Bertz CT molecular complexity index is 605. The number of phenols is 1. The number of methoxy groups -OCH3 is 2. The van der Waals surface area contributed by atoms with Gasteiger partial charge in [0.15, 0.2) is 5.78 Å². The molecule has 0 fully saturated rings. The van der Waals surface area contributed by atoms with E-state index in [-0.39, 0.29) is 17.1 Å². The van der Waals surface area contributed by atoms with E-state index in [1.807, 2.05) is 0 Å². The van der Waals surface area contributed by atoms with E-state index >= 15 is 0 Å². The van der Waals surface area contributed by atoms with Crippen LogP contribution in [0.5, 0.6) is 17.2 Å². The van der Waals surface area contributed by atoms with Crippen molar-refractivity contribution in [2.24, 2.45) is 0 Å². The van der Waals surface area contributed by atoms with Crippen molar-refractivity contribution in [2.45, 2.75) is 0 Å². The van der Waals surface area contributed by atoms with Crippen LogP contribution in [0, 0.1) is 0 Å². The quantitative estimate of drug-likeness (QED) is 0.856. The fourth-order valence-electron chi connectivity index (χ4n) is 1.81. The molecular weight excluding hydrogens is 244 g/mol. The third kappa shape index (κ3) is 2.52. The highest BCUT2D eigenvalue weighted by molar-refractivity contribution is 6.12. The van der Waals surface area contributed by atoms with Crippen molar-refractivity contribution in [3.63, 3.8) is 0 Å². The van der Waals surface area contributed by atoms with Crippen molar-refractivity contribution in [3.8, 4) is 17.2 Å². The molecule has 0 saturated carbocycles. The average molecular weight is 258 g/mol. The molecular formula is C15H14O4. The number of phenolic OH excluding ortho intramolecular Hbond substituents is 1. The van der Waals surface area contributed by atoms with E-state index in [0.29, 0.717) is 17.1 Å². The summed E-state index contributed by atoms with van der Waals surface area (Å²) in [5.41, 5.74) is 0.621. The highest BCUT2D eigenvalue weighted by Crippen LogP contribution is 2.28. The van der Waals surface area contributed by atoms with Gasteiger partial charge in [-0.1, -0.05) is 12.1 Å². The summed E-state index contributed by atoms with van der Waals surface area (Å²) in [6.45, 7) is 0. The number of hydrogen-bond acceptors (Lipinski definition) is 4. The van der Waals surface area contributed by atoms with Crippen LogP contribution in [0.25, 0.3) is 0 Å². The zero-order valence-corrected chi connectivity index (χ0v) is 10.7. The topological polar surface area (TPSA) is 55.8 Å². The number of ketones is 1. The molecule has 0 aromatic heterocycles. The number of hydrogen-bond donors (Lipinski definition) is 1. The molecule has 0 atom stereocenters. The second kappa shape index (κ2) is 5.44. The smallest absolute Gasteiger partial charge is 0.200 e. The zero-order valence-electron chi connectivity index (χ0n) is 10.7. The van der Waals surface area contributed by atoms with Crippen LogP contribution in [-0.2, 0) is 0 Å². The van der Waals surface area contributed by atoms with Crippen LogP contribution < -0.4 is 9.47 Å². The van der Waals surface area contributed by atoms with Crippen molar-refractivity contribution in [1.82, 2.24) is 0 Å². The summed E-state index contributed by atoms with van der Waals surface area (Å²) in [5.74, 6) is 0.560. The summed E-state index contributed by atoms with van der Waals surface area (Å²) < 4.78 is 10.1. The van der Waals surface area contributed by atoms with Crippen molar-refractivity contribution >= 4 is 5.78 Å². The van der Waals surface area contributed by atoms with Crippen LogP contribution in [0.4, 0.5) is 0 Å². The summed E-state index contributed by atoms with van der Waals surface area (Å²) in [6, 6.07) is 11.5. The van der Waals surface area contributed by atoms with Gasteiger partial charge in [-0.25, -0.2) is 0 Å². The van der Waals surface area contributed by atoms with Crippen molar-refractivity contribution < 1.29 is 19.4 Å². The lowest BCUT2D eigenvalue weighted by Crippen LogP contribution is -2.04. The standard InChI is InChI=1S/C15H14O4/c1-18-10-7-8-11(13(16)9-10)15(17)12-5-3-4-6-14(12)19-2/h3-9,16H,1-2H3. The summed E-state index contributed by atoms with van der Waals surface area (Å²) in [5, 5.41) is 9.88. The lowest BCUT2D eigenvalue weighted by atomic mass is 10.0. The Morgan fingerprint density at radius 3 is 2.37 bits per heavy atom. The van der Waals surface area contributed by atoms with Crippen LogP contribution in [0.3, 0.4) is 0 Å². The minimum absolute atomic E-state index is 0.116. The van der Waals surface area contributed by atoms with E-state index in [9.17, 15) is 9.90 Å². The van der Waals surface area contributed by atoms with E-state index in [0.717, 1.165) is 0 Å². The van der Waals surface area contributed by atoms with Gasteiger partial charge in [0.25, 0.3) is 0 Å². The van der Waals surface area contributed by atoms with Crippen LogP contribution in [0.2, 0.25) is 0 Å². The molecule has 0 unspecified atom stereocenters. The number of carbonyl (C=O) groups is 1. The second-order valence-corrected chi connectivity index (χ2v) is 3.91. The van der Waals surface area contributed by atoms with Gasteiger partial charge in [0.2, 0.25) is 0 Å². The number of aromatic hydroxyl groups is 1. The van der Waals surface area contributed by atoms with Crippen molar-refractivity contribution in [2.75, 3.05) is 14.2 Å². The Labute approximate surface area is 111 Å².